The van der Waals surface area contributed by atoms with Gasteiger partial charge in [-0.3, -0.25) is 9.59 Å². The lowest BCUT2D eigenvalue weighted by molar-refractivity contribution is -0.132. The molecular formula is C10H18N2O3S2. The number of carbonyl (C=O) groups is 2. The molecule has 1 aliphatic rings. The number of nitrogens with zero attached hydrogens (tertiary/aromatic N) is 1. The van der Waals surface area contributed by atoms with Crippen LogP contribution in [0.2, 0.25) is 0 Å². The van der Waals surface area contributed by atoms with Crippen LogP contribution in [0.4, 0.5) is 0 Å². The second kappa shape index (κ2) is 8.66. The summed E-state index contributed by atoms with van der Waals surface area (Å²) >= 11 is 3.24. The van der Waals surface area contributed by atoms with Crippen molar-refractivity contribution in [3.63, 3.8) is 0 Å². The molecule has 0 aromatic heterocycles. The monoisotopic (exact) mass is 278 g/mol. The summed E-state index contributed by atoms with van der Waals surface area (Å²) in [4.78, 5) is 24.3. The average Bonchev–Trinajstić information content (AvgIpc) is 2.69. The zero-order valence-electron chi connectivity index (χ0n) is 9.68. The molecule has 1 saturated heterocycles. The van der Waals surface area contributed by atoms with E-state index in [1.54, 1.807) is 16.7 Å². The van der Waals surface area contributed by atoms with Crippen LogP contribution in [0.1, 0.15) is 6.42 Å². The highest BCUT2D eigenvalue weighted by atomic mass is 32.2. The summed E-state index contributed by atoms with van der Waals surface area (Å²) in [6, 6.07) is 0. The minimum absolute atomic E-state index is 0.0440. The van der Waals surface area contributed by atoms with Crippen molar-refractivity contribution < 1.29 is 14.7 Å². The number of nitrogens with one attached hydrogen (secondary N) is 1. The molecule has 0 radical (unpaired) electrons. The van der Waals surface area contributed by atoms with E-state index in [0.717, 1.165) is 17.9 Å². The maximum absolute atomic E-state index is 11.5. The first-order valence-corrected chi connectivity index (χ1v) is 7.86. The van der Waals surface area contributed by atoms with E-state index in [0.29, 0.717) is 18.2 Å². The molecule has 1 fully saturated rings. The number of aliphatic hydroxyl groups excluding tert-OH is 1. The Balaban J connectivity index is 1.99. The van der Waals surface area contributed by atoms with E-state index < -0.39 is 0 Å². The molecule has 2 amide bonds. The first kappa shape index (κ1) is 14.7. The number of aliphatic hydroxyl groups is 1. The van der Waals surface area contributed by atoms with Gasteiger partial charge in [-0.2, -0.15) is 11.8 Å². The Morgan fingerprint density at radius 1 is 1.53 bits per heavy atom. The van der Waals surface area contributed by atoms with Crippen LogP contribution in [0.25, 0.3) is 0 Å². The van der Waals surface area contributed by atoms with Gasteiger partial charge in [0, 0.05) is 18.9 Å². The van der Waals surface area contributed by atoms with Crippen molar-refractivity contribution in [2.24, 2.45) is 0 Å². The summed E-state index contributed by atoms with van der Waals surface area (Å²) < 4.78 is 0. The second-order valence-electron chi connectivity index (χ2n) is 3.61. The maximum Gasteiger partial charge on any atom is 0.239 e. The standard InChI is InChI=1S/C10H18N2O3S2/c13-3-1-4-16-5-2-11-9(14)6-12-8-17-7-10(12)15/h13H,1-8H2,(H,11,14). The van der Waals surface area contributed by atoms with Gasteiger partial charge in [0.2, 0.25) is 11.8 Å². The van der Waals surface area contributed by atoms with Gasteiger partial charge < -0.3 is 15.3 Å². The Morgan fingerprint density at radius 3 is 3.00 bits per heavy atom. The summed E-state index contributed by atoms with van der Waals surface area (Å²) in [6.07, 6.45) is 0.790. The summed E-state index contributed by atoms with van der Waals surface area (Å²) in [7, 11) is 0. The van der Waals surface area contributed by atoms with Gasteiger partial charge in [0.15, 0.2) is 0 Å². The van der Waals surface area contributed by atoms with E-state index >= 15 is 0 Å². The van der Waals surface area contributed by atoms with Crippen LogP contribution in [-0.4, -0.2) is 64.7 Å². The minimum Gasteiger partial charge on any atom is -0.396 e. The lowest BCUT2D eigenvalue weighted by atomic mass is 10.5. The molecule has 17 heavy (non-hydrogen) atoms. The van der Waals surface area contributed by atoms with Crippen LogP contribution < -0.4 is 5.32 Å². The SMILES string of the molecule is O=C(CN1CSCC1=O)NCCSCCCO. The van der Waals surface area contributed by atoms with Crippen LogP contribution >= 0.6 is 23.5 Å². The highest BCUT2D eigenvalue weighted by molar-refractivity contribution is 8.00. The third-order valence-corrected chi connectivity index (χ3v) is 4.19. The van der Waals surface area contributed by atoms with E-state index in [1.165, 1.54) is 11.8 Å². The molecule has 0 bridgehead atoms. The van der Waals surface area contributed by atoms with Crippen molar-refractivity contribution in [1.82, 2.24) is 10.2 Å². The first-order valence-electron chi connectivity index (χ1n) is 5.55. The van der Waals surface area contributed by atoms with Crippen LogP contribution in [0.3, 0.4) is 0 Å². The molecule has 0 spiro atoms. The Kier molecular flexibility index (Phi) is 7.46. The fraction of sp³-hybridized carbons (Fsp3) is 0.800. The number of carbonyl (C=O) groups excluding carboxylic acids is 2. The molecule has 0 aromatic rings. The Morgan fingerprint density at radius 2 is 2.35 bits per heavy atom. The first-order chi connectivity index (χ1) is 8.24. The third-order valence-electron chi connectivity index (χ3n) is 2.18. The number of thioether (sulfide) groups is 2. The predicted molar refractivity (Wildman–Crippen MR) is 71.1 cm³/mol. The molecule has 1 rings (SSSR count). The van der Waals surface area contributed by atoms with E-state index in [4.69, 9.17) is 5.11 Å². The fourth-order valence-corrected chi connectivity index (χ4v) is 2.99. The molecule has 0 aromatic carbocycles. The molecule has 0 atom stereocenters. The van der Waals surface area contributed by atoms with Crippen LogP contribution in [0.5, 0.6) is 0 Å². The second-order valence-corrected chi connectivity index (χ2v) is 5.79. The minimum atomic E-state index is -0.0939. The molecule has 0 unspecified atom stereocenters. The number of rotatable bonds is 8. The summed E-state index contributed by atoms with van der Waals surface area (Å²) in [5.41, 5.74) is 0. The zero-order valence-corrected chi connectivity index (χ0v) is 11.3. The fourth-order valence-electron chi connectivity index (χ4n) is 1.30. The summed E-state index contributed by atoms with van der Waals surface area (Å²) in [6.45, 7) is 1.01. The van der Waals surface area contributed by atoms with E-state index in [2.05, 4.69) is 5.32 Å². The topological polar surface area (TPSA) is 69.6 Å². The van der Waals surface area contributed by atoms with Crippen molar-refractivity contribution >= 4 is 35.3 Å². The van der Waals surface area contributed by atoms with Gasteiger partial charge in [0.1, 0.15) is 6.54 Å². The van der Waals surface area contributed by atoms with E-state index in [-0.39, 0.29) is 25.0 Å². The normalized spacial score (nSPS) is 15.4. The van der Waals surface area contributed by atoms with Crippen LogP contribution in [0.15, 0.2) is 0 Å². The maximum atomic E-state index is 11.5. The Hall–Kier alpha value is -0.400. The van der Waals surface area contributed by atoms with Crippen LogP contribution in [0, 0.1) is 0 Å². The Bertz CT molecular complexity index is 264. The van der Waals surface area contributed by atoms with Crippen molar-refractivity contribution in [3.05, 3.63) is 0 Å². The quantitative estimate of drug-likeness (QED) is 0.599. The van der Waals surface area contributed by atoms with E-state index in [1.807, 2.05) is 0 Å². The zero-order chi connectivity index (χ0) is 12.5. The lowest BCUT2D eigenvalue weighted by Crippen LogP contribution is -2.38. The Labute approximate surface area is 110 Å². The van der Waals surface area contributed by atoms with Crippen molar-refractivity contribution in [3.8, 4) is 0 Å². The largest absolute Gasteiger partial charge is 0.396 e. The van der Waals surface area contributed by atoms with Crippen molar-refractivity contribution in [2.45, 2.75) is 6.42 Å². The number of amides is 2. The molecule has 5 nitrogen and oxygen atoms in total. The number of hydrogen-bond donors (Lipinski definition) is 2. The van der Waals surface area contributed by atoms with Gasteiger partial charge in [0.05, 0.1) is 11.6 Å². The average molecular weight is 278 g/mol. The third kappa shape index (κ3) is 6.18. The van der Waals surface area contributed by atoms with E-state index in [9.17, 15) is 9.59 Å². The molecule has 1 heterocycles. The predicted octanol–water partition coefficient (Wildman–Crippen LogP) is -0.249. The highest BCUT2D eigenvalue weighted by Gasteiger charge is 2.22. The molecule has 0 saturated carbocycles. The molecule has 2 N–H and O–H groups in total. The summed E-state index contributed by atoms with van der Waals surface area (Å²) in [5.74, 6) is 2.82. The molecule has 0 aliphatic carbocycles. The van der Waals surface area contributed by atoms with Gasteiger partial charge in [-0.05, 0) is 12.2 Å². The van der Waals surface area contributed by atoms with Crippen molar-refractivity contribution in [2.75, 3.05) is 42.8 Å². The van der Waals surface area contributed by atoms with Crippen molar-refractivity contribution in [1.29, 1.82) is 0 Å². The van der Waals surface area contributed by atoms with Gasteiger partial charge >= 0.3 is 0 Å². The molecule has 7 heteroatoms. The van der Waals surface area contributed by atoms with Crippen LogP contribution in [-0.2, 0) is 9.59 Å². The van der Waals surface area contributed by atoms with Gasteiger partial charge in [-0.25, -0.2) is 0 Å². The smallest absolute Gasteiger partial charge is 0.239 e. The summed E-state index contributed by atoms with van der Waals surface area (Å²) in [5, 5.41) is 11.4. The van der Waals surface area contributed by atoms with Gasteiger partial charge in [-0.15, -0.1) is 11.8 Å². The van der Waals surface area contributed by atoms with Gasteiger partial charge in [-0.1, -0.05) is 0 Å². The molecule has 98 valence electrons. The molecule has 1 aliphatic heterocycles. The van der Waals surface area contributed by atoms with Gasteiger partial charge in [0.25, 0.3) is 0 Å². The highest BCUT2D eigenvalue weighted by Crippen LogP contribution is 2.13. The number of hydrogen-bond acceptors (Lipinski definition) is 5. The lowest BCUT2D eigenvalue weighted by Gasteiger charge is -2.13. The molecular weight excluding hydrogens is 260 g/mol.